The molecule has 0 radical (unpaired) electrons. The molecular formula is C25H33N5O. The van der Waals surface area contributed by atoms with Crippen LogP contribution in [0.1, 0.15) is 37.9 Å². The molecule has 164 valence electrons. The topological polar surface area (TPSA) is 66.1 Å². The summed E-state index contributed by atoms with van der Waals surface area (Å²) in [5, 5.41) is 12.6. The summed E-state index contributed by atoms with van der Waals surface area (Å²) < 4.78 is 5.43. The first kappa shape index (κ1) is 20.5. The molecule has 0 aliphatic carbocycles. The number of piperidine rings is 1. The summed E-state index contributed by atoms with van der Waals surface area (Å²) in [6.45, 7) is 11.8. The highest BCUT2D eigenvalue weighted by molar-refractivity contribution is 5.89. The van der Waals surface area contributed by atoms with Gasteiger partial charge in [0.15, 0.2) is 0 Å². The molecule has 2 aromatic heterocycles. The summed E-state index contributed by atoms with van der Waals surface area (Å²) in [4.78, 5) is 7.63. The summed E-state index contributed by atoms with van der Waals surface area (Å²) in [5.41, 5.74) is 5.80. The molecule has 1 aromatic carbocycles. The molecule has 6 heteroatoms. The first-order chi connectivity index (χ1) is 15.0. The Hall–Kier alpha value is -2.44. The maximum atomic E-state index is 5.43. The number of likely N-dealkylation sites (tertiary alicyclic amines) is 1. The minimum absolute atomic E-state index is 0.350. The standard InChI is InChI=1S/C25H33N5O/c1-4-18-5-6-22-19(12-18)13-21(23-11-17(2)28-29-23)24(27-22)26-20-7-9-30(10-8-20)14-25(3)15-31-16-25/h5-6,11-13,20H,4,7-10,14-16H2,1-3H3,(H,26,27)(H,28,29). The molecular weight excluding hydrogens is 386 g/mol. The maximum Gasteiger partial charge on any atom is 0.136 e. The van der Waals surface area contributed by atoms with Crippen LogP contribution in [0.2, 0.25) is 0 Å². The zero-order valence-electron chi connectivity index (χ0n) is 18.9. The number of ether oxygens (including phenoxy) is 1. The zero-order chi connectivity index (χ0) is 21.4. The van der Waals surface area contributed by atoms with Gasteiger partial charge in [0.1, 0.15) is 5.82 Å². The van der Waals surface area contributed by atoms with Gasteiger partial charge in [-0.1, -0.05) is 19.9 Å². The number of hydrogen-bond acceptors (Lipinski definition) is 5. The number of aromatic nitrogens is 3. The monoisotopic (exact) mass is 419 g/mol. The minimum atomic E-state index is 0.350. The van der Waals surface area contributed by atoms with E-state index >= 15 is 0 Å². The highest BCUT2D eigenvalue weighted by atomic mass is 16.5. The fourth-order valence-corrected chi connectivity index (χ4v) is 4.82. The van der Waals surface area contributed by atoms with Crippen molar-refractivity contribution in [3.63, 3.8) is 0 Å². The SMILES string of the molecule is CCc1ccc2nc(NC3CCN(CC4(C)COC4)CC3)c(-c3cc(C)[nH]n3)cc2c1. The number of anilines is 1. The number of fused-ring (bicyclic) bond motifs is 1. The summed E-state index contributed by atoms with van der Waals surface area (Å²) in [6.07, 6.45) is 3.28. The third-order valence-electron chi connectivity index (χ3n) is 6.70. The van der Waals surface area contributed by atoms with Crippen LogP contribution in [-0.4, -0.2) is 59.0 Å². The molecule has 31 heavy (non-hydrogen) atoms. The molecule has 2 N–H and O–H groups in total. The number of aryl methyl sites for hydroxylation is 2. The Morgan fingerprint density at radius 3 is 2.65 bits per heavy atom. The van der Waals surface area contributed by atoms with Gasteiger partial charge in [-0.2, -0.15) is 5.10 Å². The lowest BCUT2D eigenvalue weighted by molar-refractivity contribution is -0.116. The first-order valence-electron chi connectivity index (χ1n) is 11.5. The largest absolute Gasteiger partial charge is 0.380 e. The van der Waals surface area contributed by atoms with Crippen LogP contribution in [0.15, 0.2) is 30.3 Å². The van der Waals surface area contributed by atoms with Crippen LogP contribution in [0.5, 0.6) is 0 Å². The molecule has 6 nitrogen and oxygen atoms in total. The fourth-order valence-electron chi connectivity index (χ4n) is 4.82. The average Bonchev–Trinajstić information content (AvgIpc) is 3.19. The van der Waals surface area contributed by atoms with E-state index in [-0.39, 0.29) is 0 Å². The predicted molar refractivity (Wildman–Crippen MR) is 125 cm³/mol. The van der Waals surface area contributed by atoms with Crippen molar-refractivity contribution < 1.29 is 4.74 Å². The normalized spacial score (nSPS) is 19.5. The van der Waals surface area contributed by atoms with E-state index in [1.165, 1.54) is 10.9 Å². The quantitative estimate of drug-likeness (QED) is 0.620. The van der Waals surface area contributed by atoms with Gasteiger partial charge in [0.25, 0.3) is 0 Å². The van der Waals surface area contributed by atoms with Gasteiger partial charge in [-0.05, 0) is 56.0 Å². The summed E-state index contributed by atoms with van der Waals surface area (Å²) in [6, 6.07) is 11.3. The van der Waals surface area contributed by atoms with Crippen molar-refractivity contribution in [1.82, 2.24) is 20.1 Å². The molecule has 0 spiro atoms. The molecule has 2 saturated heterocycles. The number of pyridine rings is 1. The Labute approximate surface area is 184 Å². The van der Waals surface area contributed by atoms with E-state index in [4.69, 9.17) is 9.72 Å². The summed E-state index contributed by atoms with van der Waals surface area (Å²) >= 11 is 0. The molecule has 0 atom stereocenters. The Balaban J connectivity index is 1.37. The fraction of sp³-hybridized carbons (Fsp3) is 0.520. The van der Waals surface area contributed by atoms with Crippen molar-refractivity contribution in [3.05, 3.63) is 41.6 Å². The van der Waals surface area contributed by atoms with Gasteiger partial charge in [-0.25, -0.2) is 4.98 Å². The van der Waals surface area contributed by atoms with Crippen LogP contribution in [0.4, 0.5) is 5.82 Å². The van der Waals surface area contributed by atoms with Gasteiger partial charge in [-0.3, -0.25) is 5.10 Å². The van der Waals surface area contributed by atoms with Crippen LogP contribution in [0.3, 0.4) is 0 Å². The van der Waals surface area contributed by atoms with E-state index in [2.05, 4.69) is 64.6 Å². The van der Waals surface area contributed by atoms with Crippen LogP contribution in [0.25, 0.3) is 22.2 Å². The van der Waals surface area contributed by atoms with Crippen LogP contribution in [-0.2, 0) is 11.2 Å². The average molecular weight is 420 g/mol. The Kier molecular flexibility index (Phi) is 5.44. The lowest BCUT2D eigenvalue weighted by Gasteiger charge is -2.43. The van der Waals surface area contributed by atoms with E-state index < -0.39 is 0 Å². The Morgan fingerprint density at radius 2 is 2.00 bits per heavy atom. The third kappa shape index (κ3) is 4.32. The second kappa shape index (κ2) is 8.24. The van der Waals surface area contributed by atoms with Crippen molar-refractivity contribution >= 4 is 16.7 Å². The smallest absolute Gasteiger partial charge is 0.136 e. The Morgan fingerprint density at radius 1 is 1.19 bits per heavy atom. The molecule has 0 amide bonds. The van der Waals surface area contributed by atoms with E-state index in [0.717, 1.165) is 80.4 Å². The predicted octanol–water partition coefficient (Wildman–Crippen LogP) is 4.41. The molecule has 0 bridgehead atoms. The molecule has 3 aromatic rings. The molecule has 0 saturated carbocycles. The number of nitrogens with one attached hydrogen (secondary N) is 2. The highest BCUT2D eigenvalue weighted by Gasteiger charge is 2.36. The van der Waals surface area contributed by atoms with Gasteiger partial charge in [-0.15, -0.1) is 0 Å². The maximum absolute atomic E-state index is 5.43. The van der Waals surface area contributed by atoms with Crippen molar-refractivity contribution in [3.8, 4) is 11.3 Å². The summed E-state index contributed by atoms with van der Waals surface area (Å²) in [5.74, 6) is 0.945. The molecule has 2 aliphatic heterocycles. The third-order valence-corrected chi connectivity index (χ3v) is 6.70. The van der Waals surface area contributed by atoms with Gasteiger partial charge in [0, 0.05) is 47.7 Å². The van der Waals surface area contributed by atoms with Crippen LogP contribution in [0, 0.1) is 12.3 Å². The van der Waals surface area contributed by atoms with Gasteiger partial charge in [0.05, 0.1) is 24.4 Å². The first-order valence-corrected chi connectivity index (χ1v) is 11.5. The zero-order valence-corrected chi connectivity index (χ0v) is 18.9. The number of rotatable bonds is 6. The van der Waals surface area contributed by atoms with E-state index in [0.29, 0.717) is 11.5 Å². The van der Waals surface area contributed by atoms with E-state index in [1.807, 2.05) is 6.92 Å². The van der Waals surface area contributed by atoms with Crippen molar-refractivity contribution in [1.29, 1.82) is 0 Å². The number of hydrogen-bond donors (Lipinski definition) is 2. The van der Waals surface area contributed by atoms with Crippen LogP contribution >= 0.6 is 0 Å². The lowest BCUT2D eigenvalue weighted by Crippen LogP contribution is -2.51. The van der Waals surface area contributed by atoms with E-state index in [9.17, 15) is 0 Å². The lowest BCUT2D eigenvalue weighted by atomic mass is 9.87. The van der Waals surface area contributed by atoms with Crippen LogP contribution < -0.4 is 5.32 Å². The number of H-pyrrole nitrogens is 1. The highest BCUT2D eigenvalue weighted by Crippen LogP contribution is 2.32. The summed E-state index contributed by atoms with van der Waals surface area (Å²) in [7, 11) is 0. The number of nitrogens with zero attached hydrogens (tertiary/aromatic N) is 3. The van der Waals surface area contributed by atoms with Crippen molar-refractivity contribution in [2.75, 3.05) is 38.2 Å². The van der Waals surface area contributed by atoms with Gasteiger partial charge in [0.2, 0.25) is 0 Å². The second-order valence-electron chi connectivity index (χ2n) is 9.70. The number of aromatic amines is 1. The molecule has 2 fully saturated rings. The molecule has 5 rings (SSSR count). The Bertz CT molecular complexity index is 1060. The second-order valence-corrected chi connectivity index (χ2v) is 9.70. The van der Waals surface area contributed by atoms with Crippen molar-refractivity contribution in [2.45, 2.75) is 46.1 Å². The molecule has 2 aliphatic rings. The van der Waals surface area contributed by atoms with Gasteiger partial charge >= 0.3 is 0 Å². The minimum Gasteiger partial charge on any atom is -0.380 e. The molecule has 0 unspecified atom stereocenters. The molecule has 4 heterocycles. The number of benzene rings is 1. The van der Waals surface area contributed by atoms with Gasteiger partial charge < -0.3 is 15.0 Å². The van der Waals surface area contributed by atoms with E-state index in [1.54, 1.807) is 0 Å². The van der Waals surface area contributed by atoms with Crippen molar-refractivity contribution in [2.24, 2.45) is 5.41 Å².